The highest BCUT2D eigenvalue weighted by Gasteiger charge is 2.18. The predicted octanol–water partition coefficient (Wildman–Crippen LogP) is 5.22. The van der Waals surface area contributed by atoms with E-state index in [9.17, 15) is 4.79 Å². The van der Waals surface area contributed by atoms with Crippen LogP contribution >= 0.6 is 11.6 Å². The van der Waals surface area contributed by atoms with Crippen LogP contribution in [0.2, 0.25) is 5.02 Å². The SMILES string of the molecule is C=CCNC(=O)CN1CCN(CCCCCOc2ccc3c(-c4ccc(Cl)cc4)coc3c2)CC1. The van der Waals surface area contributed by atoms with Crippen LogP contribution in [0.15, 0.2) is 65.8 Å². The van der Waals surface area contributed by atoms with Crippen molar-refractivity contribution in [2.24, 2.45) is 0 Å². The Labute approximate surface area is 212 Å². The highest BCUT2D eigenvalue weighted by atomic mass is 35.5. The van der Waals surface area contributed by atoms with E-state index in [0.717, 1.165) is 84.9 Å². The molecule has 3 aromatic rings. The number of ether oxygens (including phenoxy) is 1. The first kappa shape index (κ1) is 25.3. The number of benzene rings is 2. The van der Waals surface area contributed by atoms with Crippen molar-refractivity contribution in [3.8, 4) is 16.9 Å². The second-order valence-electron chi connectivity index (χ2n) is 8.93. The molecule has 0 atom stereocenters. The van der Waals surface area contributed by atoms with Crippen molar-refractivity contribution >= 4 is 28.5 Å². The summed E-state index contributed by atoms with van der Waals surface area (Å²) < 4.78 is 11.8. The molecule has 0 bridgehead atoms. The minimum absolute atomic E-state index is 0.0755. The number of piperazine rings is 1. The number of furan rings is 1. The van der Waals surface area contributed by atoms with Crippen molar-refractivity contribution in [2.75, 3.05) is 52.4 Å². The maximum Gasteiger partial charge on any atom is 0.234 e. The normalized spacial score (nSPS) is 14.8. The zero-order valence-corrected chi connectivity index (χ0v) is 20.9. The van der Waals surface area contributed by atoms with E-state index >= 15 is 0 Å². The van der Waals surface area contributed by atoms with Gasteiger partial charge in [0.05, 0.1) is 19.4 Å². The Morgan fingerprint density at radius 3 is 2.60 bits per heavy atom. The number of carbonyl (C=O) groups is 1. The second kappa shape index (κ2) is 12.8. The number of carbonyl (C=O) groups excluding carboxylic acids is 1. The van der Waals surface area contributed by atoms with E-state index < -0.39 is 0 Å². The van der Waals surface area contributed by atoms with E-state index in [1.807, 2.05) is 36.4 Å². The van der Waals surface area contributed by atoms with Gasteiger partial charge in [0, 0.05) is 54.8 Å². The summed E-state index contributed by atoms with van der Waals surface area (Å²) in [5, 5.41) is 4.63. The lowest BCUT2D eigenvalue weighted by atomic mass is 10.0. The van der Waals surface area contributed by atoms with Gasteiger partial charge in [0.25, 0.3) is 0 Å². The predicted molar refractivity (Wildman–Crippen MR) is 142 cm³/mol. The number of nitrogens with one attached hydrogen (secondary N) is 1. The average Bonchev–Trinajstić information content (AvgIpc) is 3.29. The average molecular weight is 496 g/mol. The molecule has 0 unspecified atom stereocenters. The molecule has 6 nitrogen and oxygen atoms in total. The molecule has 0 aliphatic carbocycles. The topological polar surface area (TPSA) is 58.0 Å². The summed E-state index contributed by atoms with van der Waals surface area (Å²) in [6.07, 6.45) is 6.81. The standard InChI is InChI=1S/C28H34ClN3O3/c1-2-12-30-28(33)20-32-16-14-31(15-17-32)13-4-3-5-18-34-24-10-11-25-26(21-35-27(25)19-24)22-6-8-23(29)9-7-22/h2,6-11,19,21H,1,3-5,12-18,20H2,(H,30,33). The number of rotatable bonds is 12. The minimum atomic E-state index is 0.0755. The Bertz CT molecular complexity index is 1100. The van der Waals surface area contributed by atoms with E-state index in [4.69, 9.17) is 20.8 Å². The third kappa shape index (κ3) is 7.34. The molecule has 35 heavy (non-hydrogen) atoms. The van der Waals surface area contributed by atoms with Crippen LogP contribution in [0.5, 0.6) is 5.75 Å². The number of hydrogen-bond donors (Lipinski definition) is 1. The Morgan fingerprint density at radius 2 is 1.83 bits per heavy atom. The van der Waals surface area contributed by atoms with E-state index in [1.165, 1.54) is 0 Å². The molecule has 1 amide bonds. The number of amides is 1. The highest BCUT2D eigenvalue weighted by Crippen LogP contribution is 2.33. The molecular weight excluding hydrogens is 462 g/mol. The molecule has 1 aliphatic heterocycles. The van der Waals surface area contributed by atoms with Crippen LogP contribution < -0.4 is 10.1 Å². The number of fused-ring (bicyclic) bond motifs is 1. The summed E-state index contributed by atoms with van der Waals surface area (Å²) >= 11 is 6.01. The maximum absolute atomic E-state index is 11.8. The molecule has 1 aliphatic rings. The molecule has 1 saturated heterocycles. The molecule has 0 saturated carbocycles. The fourth-order valence-corrected chi connectivity index (χ4v) is 4.50. The number of hydrogen-bond acceptors (Lipinski definition) is 5. The van der Waals surface area contributed by atoms with Gasteiger partial charge in [0.2, 0.25) is 5.91 Å². The van der Waals surface area contributed by atoms with Gasteiger partial charge in [-0.15, -0.1) is 6.58 Å². The van der Waals surface area contributed by atoms with Crippen molar-refractivity contribution in [2.45, 2.75) is 19.3 Å². The summed E-state index contributed by atoms with van der Waals surface area (Å²) in [5.41, 5.74) is 2.96. The number of unbranched alkanes of at least 4 members (excludes halogenated alkanes) is 2. The first-order valence-electron chi connectivity index (χ1n) is 12.3. The van der Waals surface area contributed by atoms with Gasteiger partial charge >= 0.3 is 0 Å². The molecule has 1 fully saturated rings. The largest absolute Gasteiger partial charge is 0.493 e. The molecule has 4 rings (SSSR count). The van der Waals surface area contributed by atoms with Gasteiger partial charge < -0.3 is 19.4 Å². The molecule has 0 radical (unpaired) electrons. The fourth-order valence-electron chi connectivity index (χ4n) is 4.37. The molecule has 1 N–H and O–H groups in total. The Kier molecular flexibility index (Phi) is 9.23. The Balaban J connectivity index is 1.12. The lowest BCUT2D eigenvalue weighted by Crippen LogP contribution is -2.49. The van der Waals surface area contributed by atoms with Crippen LogP contribution in [-0.4, -0.2) is 68.1 Å². The van der Waals surface area contributed by atoms with Crippen LogP contribution in [0, 0.1) is 0 Å². The third-order valence-corrected chi connectivity index (χ3v) is 6.62. The maximum atomic E-state index is 11.8. The van der Waals surface area contributed by atoms with Crippen molar-refractivity contribution in [3.05, 3.63) is 66.4 Å². The molecule has 1 aromatic heterocycles. The lowest BCUT2D eigenvalue weighted by Gasteiger charge is -2.34. The minimum Gasteiger partial charge on any atom is -0.493 e. The molecular formula is C28H34ClN3O3. The molecule has 2 heterocycles. The van der Waals surface area contributed by atoms with Gasteiger partial charge in [-0.3, -0.25) is 9.69 Å². The molecule has 186 valence electrons. The summed E-state index contributed by atoms with van der Waals surface area (Å²) in [4.78, 5) is 16.5. The van der Waals surface area contributed by atoms with Crippen molar-refractivity contribution in [3.63, 3.8) is 0 Å². The van der Waals surface area contributed by atoms with Gasteiger partial charge in [-0.2, -0.15) is 0 Å². The third-order valence-electron chi connectivity index (χ3n) is 6.37. The van der Waals surface area contributed by atoms with Crippen molar-refractivity contribution in [1.29, 1.82) is 0 Å². The van der Waals surface area contributed by atoms with E-state index in [-0.39, 0.29) is 5.91 Å². The first-order valence-corrected chi connectivity index (χ1v) is 12.7. The van der Waals surface area contributed by atoms with Crippen LogP contribution in [0.4, 0.5) is 0 Å². The van der Waals surface area contributed by atoms with Crippen LogP contribution in [0.1, 0.15) is 19.3 Å². The van der Waals surface area contributed by atoms with Crippen LogP contribution in [0.3, 0.4) is 0 Å². The van der Waals surface area contributed by atoms with Gasteiger partial charge in [-0.1, -0.05) is 29.8 Å². The molecule has 0 spiro atoms. The summed E-state index contributed by atoms with van der Waals surface area (Å²) in [5.74, 6) is 0.911. The quantitative estimate of drug-likeness (QED) is 0.276. The highest BCUT2D eigenvalue weighted by molar-refractivity contribution is 6.30. The van der Waals surface area contributed by atoms with Gasteiger partial charge in [0.1, 0.15) is 11.3 Å². The zero-order valence-electron chi connectivity index (χ0n) is 20.2. The Morgan fingerprint density at radius 1 is 1.06 bits per heavy atom. The van der Waals surface area contributed by atoms with E-state index in [0.29, 0.717) is 19.7 Å². The van der Waals surface area contributed by atoms with Crippen molar-refractivity contribution < 1.29 is 13.9 Å². The van der Waals surface area contributed by atoms with E-state index in [1.54, 1.807) is 12.3 Å². The van der Waals surface area contributed by atoms with E-state index in [2.05, 4.69) is 27.8 Å². The molecule has 2 aromatic carbocycles. The van der Waals surface area contributed by atoms with Crippen LogP contribution in [0.25, 0.3) is 22.1 Å². The van der Waals surface area contributed by atoms with Crippen LogP contribution in [-0.2, 0) is 4.79 Å². The number of halogens is 1. The summed E-state index contributed by atoms with van der Waals surface area (Å²) in [6, 6.07) is 13.8. The second-order valence-corrected chi connectivity index (χ2v) is 9.37. The van der Waals surface area contributed by atoms with Crippen molar-refractivity contribution in [1.82, 2.24) is 15.1 Å². The lowest BCUT2D eigenvalue weighted by molar-refractivity contribution is -0.122. The summed E-state index contributed by atoms with van der Waals surface area (Å²) in [7, 11) is 0. The monoisotopic (exact) mass is 495 g/mol. The fraction of sp³-hybridized carbons (Fsp3) is 0.393. The summed E-state index contributed by atoms with van der Waals surface area (Å²) in [6.45, 7) is 10.4. The Hall–Kier alpha value is -2.80. The number of nitrogens with zero attached hydrogens (tertiary/aromatic N) is 2. The van der Waals surface area contributed by atoms with Gasteiger partial charge in [-0.25, -0.2) is 0 Å². The van der Waals surface area contributed by atoms with Gasteiger partial charge in [-0.05, 0) is 55.6 Å². The smallest absolute Gasteiger partial charge is 0.234 e. The zero-order chi connectivity index (χ0) is 24.5. The first-order chi connectivity index (χ1) is 17.1. The van der Waals surface area contributed by atoms with Gasteiger partial charge in [0.15, 0.2) is 0 Å². The molecule has 7 heteroatoms.